The quantitative estimate of drug-likeness (QED) is 0.431. The number of hydrogen-bond acceptors (Lipinski definition) is 1. The van der Waals surface area contributed by atoms with Gasteiger partial charge in [0.05, 0.1) is 6.10 Å². The summed E-state index contributed by atoms with van der Waals surface area (Å²) >= 11 is 0. The molecule has 8 atom stereocenters. The van der Waals surface area contributed by atoms with Crippen LogP contribution in [-0.2, 0) is 0 Å². The van der Waals surface area contributed by atoms with E-state index in [0.29, 0.717) is 10.8 Å². The van der Waals surface area contributed by atoms with Crippen LogP contribution in [0.1, 0.15) is 105 Å². The predicted molar refractivity (Wildman–Crippen MR) is 145 cm³/mol. The Morgan fingerprint density at radius 1 is 0.853 bits per heavy atom. The number of aliphatic hydroxyl groups is 1. The van der Waals surface area contributed by atoms with Gasteiger partial charge in [-0.15, -0.1) is 0 Å². The van der Waals surface area contributed by atoms with Crippen LogP contribution in [0.25, 0.3) is 0 Å². The van der Waals surface area contributed by atoms with Crippen LogP contribution in [0.15, 0.2) is 48.0 Å². The maximum atomic E-state index is 10.2. The van der Waals surface area contributed by atoms with E-state index in [9.17, 15) is 5.11 Å². The zero-order valence-corrected chi connectivity index (χ0v) is 22.8. The van der Waals surface area contributed by atoms with E-state index in [1.54, 1.807) is 5.57 Å². The normalized spacial score (nSPS) is 39.7. The molecular formula is C33H52O. The zero-order valence-electron chi connectivity index (χ0n) is 22.8. The van der Waals surface area contributed by atoms with Crippen molar-refractivity contribution < 1.29 is 5.11 Å². The van der Waals surface area contributed by atoms with Crippen molar-refractivity contribution >= 4 is 0 Å². The van der Waals surface area contributed by atoms with Crippen LogP contribution in [0.4, 0.5) is 0 Å². The lowest BCUT2D eigenvalue weighted by Crippen LogP contribution is -2.50. The third-order valence-corrected chi connectivity index (χ3v) is 10.9. The van der Waals surface area contributed by atoms with Crippen molar-refractivity contribution in [2.45, 2.75) is 111 Å². The monoisotopic (exact) mass is 464 g/mol. The minimum Gasteiger partial charge on any atom is -0.393 e. The number of rotatable bonds is 5. The van der Waals surface area contributed by atoms with E-state index in [1.165, 1.54) is 57.8 Å². The summed E-state index contributed by atoms with van der Waals surface area (Å²) in [4.78, 5) is 0. The van der Waals surface area contributed by atoms with Gasteiger partial charge in [-0.1, -0.05) is 102 Å². The van der Waals surface area contributed by atoms with Crippen LogP contribution in [0, 0.1) is 46.3 Å². The summed E-state index contributed by atoms with van der Waals surface area (Å²) in [6.07, 6.45) is 17.2. The Hall–Kier alpha value is -1.08. The first kappa shape index (κ1) is 26.0. The summed E-state index contributed by atoms with van der Waals surface area (Å²) < 4.78 is 0. The smallest absolute Gasteiger partial charge is 0.0577 e. The third-order valence-electron chi connectivity index (χ3n) is 10.9. The SMILES string of the molecule is CC(C)CCC[C@@H](C)[C@H]1CC[C@H]2[C@@H]3CC=C4C[C@@H](O)CC[C@]4(C)[C@H]3CC[C@]12C.c1ccccc1. The van der Waals surface area contributed by atoms with Crippen molar-refractivity contribution in [1.82, 2.24) is 0 Å². The number of hydrogen-bond donors (Lipinski definition) is 1. The van der Waals surface area contributed by atoms with Crippen molar-refractivity contribution in [3.05, 3.63) is 48.0 Å². The molecule has 1 aromatic carbocycles. The molecule has 0 saturated heterocycles. The summed E-state index contributed by atoms with van der Waals surface area (Å²) in [6, 6.07) is 12.0. The van der Waals surface area contributed by atoms with E-state index < -0.39 is 0 Å². The molecule has 0 heterocycles. The van der Waals surface area contributed by atoms with Crippen LogP contribution in [0.3, 0.4) is 0 Å². The molecule has 4 aliphatic rings. The van der Waals surface area contributed by atoms with E-state index in [4.69, 9.17) is 0 Å². The van der Waals surface area contributed by atoms with Crippen LogP contribution < -0.4 is 0 Å². The van der Waals surface area contributed by atoms with E-state index in [1.807, 2.05) is 36.4 Å². The van der Waals surface area contributed by atoms with Crippen molar-refractivity contribution in [2.24, 2.45) is 46.3 Å². The number of fused-ring (bicyclic) bond motifs is 5. The Labute approximate surface area is 210 Å². The first-order valence-corrected chi connectivity index (χ1v) is 14.6. The van der Waals surface area contributed by atoms with Gasteiger partial charge in [-0.3, -0.25) is 0 Å². The highest BCUT2D eigenvalue weighted by atomic mass is 16.3. The maximum Gasteiger partial charge on any atom is 0.0577 e. The largest absolute Gasteiger partial charge is 0.393 e. The molecular weight excluding hydrogens is 412 g/mol. The van der Waals surface area contributed by atoms with Gasteiger partial charge >= 0.3 is 0 Å². The summed E-state index contributed by atoms with van der Waals surface area (Å²) in [5, 5.41) is 10.2. The topological polar surface area (TPSA) is 20.2 Å². The first-order valence-electron chi connectivity index (χ1n) is 14.6. The van der Waals surface area contributed by atoms with E-state index in [2.05, 4.69) is 40.7 Å². The van der Waals surface area contributed by atoms with Crippen LogP contribution in [0.5, 0.6) is 0 Å². The minimum absolute atomic E-state index is 0.0766. The maximum absolute atomic E-state index is 10.2. The molecule has 0 aliphatic heterocycles. The second-order valence-corrected chi connectivity index (χ2v) is 13.3. The lowest BCUT2D eigenvalue weighted by molar-refractivity contribution is -0.0573. The van der Waals surface area contributed by atoms with Gasteiger partial charge in [0.2, 0.25) is 0 Å². The number of benzene rings is 1. The van der Waals surface area contributed by atoms with E-state index >= 15 is 0 Å². The molecule has 0 radical (unpaired) electrons. The molecule has 34 heavy (non-hydrogen) atoms. The fourth-order valence-electron chi connectivity index (χ4n) is 9.05. The van der Waals surface area contributed by atoms with Crippen LogP contribution >= 0.6 is 0 Å². The van der Waals surface area contributed by atoms with Gasteiger partial charge in [0.15, 0.2) is 0 Å². The van der Waals surface area contributed by atoms with Crippen molar-refractivity contribution in [2.75, 3.05) is 0 Å². The third kappa shape index (κ3) is 5.21. The Balaban J connectivity index is 0.000000398. The minimum atomic E-state index is -0.0766. The molecule has 0 spiro atoms. The lowest BCUT2D eigenvalue weighted by atomic mass is 9.47. The molecule has 3 fully saturated rings. The standard InChI is InChI=1S/C27H46O.C6H6/c1-18(2)7-6-8-19(3)23-11-12-24-22-10-9-20-17-21(28)13-15-26(20,4)25(22)14-16-27(23,24)5;1-2-4-6-5-3-1/h9,18-19,21-25,28H,6-8,10-17H2,1-5H3;1-6H/t19-,21+,22+,23-,24+,25+,26+,27-;/m1./s1. The molecule has 0 amide bonds. The average molecular weight is 465 g/mol. The highest BCUT2D eigenvalue weighted by Gasteiger charge is 2.59. The van der Waals surface area contributed by atoms with Crippen molar-refractivity contribution in [3.63, 3.8) is 0 Å². The van der Waals surface area contributed by atoms with Gasteiger partial charge in [-0.05, 0) is 97.7 Å². The molecule has 1 N–H and O–H groups in total. The Bertz CT molecular complexity index is 769. The van der Waals surface area contributed by atoms with Gasteiger partial charge in [0.25, 0.3) is 0 Å². The van der Waals surface area contributed by atoms with Crippen LogP contribution in [0.2, 0.25) is 0 Å². The first-order chi connectivity index (χ1) is 16.3. The van der Waals surface area contributed by atoms with E-state index in [0.717, 1.165) is 48.3 Å². The summed E-state index contributed by atoms with van der Waals surface area (Å²) in [5.41, 5.74) is 2.60. The van der Waals surface area contributed by atoms with Gasteiger partial charge < -0.3 is 5.11 Å². The molecule has 0 unspecified atom stereocenters. The van der Waals surface area contributed by atoms with E-state index in [-0.39, 0.29) is 6.10 Å². The Morgan fingerprint density at radius 3 is 2.18 bits per heavy atom. The Kier molecular flexibility index (Phi) is 8.33. The summed E-state index contributed by atoms with van der Waals surface area (Å²) in [7, 11) is 0. The molecule has 190 valence electrons. The average Bonchev–Trinajstić information content (AvgIpc) is 3.18. The highest BCUT2D eigenvalue weighted by molar-refractivity contribution is 5.25. The fourth-order valence-corrected chi connectivity index (χ4v) is 9.05. The van der Waals surface area contributed by atoms with Gasteiger partial charge in [-0.25, -0.2) is 0 Å². The summed E-state index contributed by atoms with van der Waals surface area (Å²) in [6.45, 7) is 12.6. The molecule has 4 aliphatic carbocycles. The second kappa shape index (κ2) is 10.9. The number of aliphatic hydroxyl groups excluding tert-OH is 1. The van der Waals surface area contributed by atoms with Gasteiger partial charge in [0, 0.05) is 0 Å². The predicted octanol–water partition coefficient (Wildman–Crippen LogP) is 9.08. The second-order valence-electron chi connectivity index (χ2n) is 13.3. The van der Waals surface area contributed by atoms with Crippen molar-refractivity contribution in [3.8, 4) is 0 Å². The zero-order chi connectivity index (χ0) is 24.3. The molecule has 5 rings (SSSR count). The summed E-state index contributed by atoms with van der Waals surface area (Å²) in [5.74, 6) is 5.46. The van der Waals surface area contributed by atoms with Gasteiger partial charge in [0.1, 0.15) is 0 Å². The fraction of sp³-hybridized carbons (Fsp3) is 0.758. The lowest BCUT2D eigenvalue weighted by Gasteiger charge is -2.58. The molecule has 0 bridgehead atoms. The number of allylic oxidation sites excluding steroid dienone is 1. The molecule has 1 aromatic rings. The molecule has 1 heteroatoms. The van der Waals surface area contributed by atoms with Crippen LogP contribution in [-0.4, -0.2) is 11.2 Å². The molecule has 1 nitrogen and oxygen atoms in total. The Morgan fingerprint density at radius 2 is 1.53 bits per heavy atom. The van der Waals surface area contributed by atoms with Gasteiger partial charge in [-0.2, -0.15) is 0 Å². The molecule has 3 saturated carbocycles. The van der Waals surface area contributed by atoms with Crippen molar-refractivity contribution in [1.29, 1.82) is 0 Å². The highest BCUT2D eigenvalue weighted by Crippen LogP contribution is 2.67. The molecule has 0 aromatic heterocycles.